The molecule has 0 aromatic heterocycles. The molecule has 0 amide bonds. The molecule has 0 saturated carbocycles. The molecule has 0 saturated heterocycles. The number of hydrogen-bond donors (Lipinski definition) is 0. The third-order valence-electron chi connectivity index (χ3n) is 8.09. The quantitative estimate of drug-likeness (QED) is 0.202. The Balaban J connectivity index is 1.61. The van der Waals surface area contributed by atoms with Crippen molar-refractivity contribution < 1.29 is 0 Å². The molecule has 0 N–H and O–H groups in total. The van der Waals surface area contributed by atoms with E-state index in [1.807, 2.05) is 0 Å². The average Bonchev–Trinajstić information content (AvgIpc) is 3.25. The second-order valence-corrected chi connectivity index (χ2v) is 10.8. The first-order valence-electron chi connectivity index (χ1n) is 12.7. The minimum absolute atomic E-state index is 0.426. The summed E-state index contributed by atoms with van der Waals surface area (Å²) in [7, 11) is 0. The Hall–Kier alpha value is -4.14. The van der Waals surface area contributed by atoms with Crippen LogP contribution >= 0.6 is 15.9 Å². The summed E-state index contributed by atoms with van der Waals surface area (Å²) in [5, 5.41) is 2.59. The fourth-order valence-electron chi connectivity index (χ4n) is 6.76. The predicted octanol–water partition coefficient (Wildman–Crippen LogP) is 9.75. The number of nitrogens with zero attached hydrogens (tertiary/aromatic N) is 1. The summed E-state index contributed by atoms with van der Waals surface area (Å²) in [5.74, 6) is 0. The highest BCUT2D eigenvalue weighted by molar-refractivity contribution is 9.10. The van der Waals surface area contributed by atoms with Gasteiger partial charge in [-0.15, -0.1) is 0 Å². The Labute approximate surface area is 224 Å². The van der Waals surface area contributed by atoms with E-state index in [2.05, 4.69) is 154 Å². The summed E-state index contributed by atoms with van der Waals surface area (Å²) < 4.78 is 1.08. The van der Waals surface area contributed by atoms with Gasteiger partial charge in [-0.05, 0) is 74.5 Å². The molecule has 37 heavy (non-hydrogen) atoms. The largest absolute Gasteiger partial charge is 0.310 e. The van der Waals surface area contributed by atoms with E-state index >= 15 is 0 Å². The number of fused-ring (bicyclic) bond motifs is 11. The standard InChI is InChI=1S/C35H22BrN/c36-24-19-21-31-33(22-24)37(25-11-2-1-3-12-25)32-17-9-8-16-30(32)35(31)29-15-7-6-14-27(29)28-20-18-23-10-4-5-13-26(23)34(28)35/h1-22H. The zero-order chi connectivity index (χ0) is 24.6. The molecule has 1 heterocycles. The first-order valence-corrected chi connectivity index (χ1v) is 13.4. The summed E-state index contributed by atoms with van der Waals surface area (Å²) in [5.41, 5.74) is 11.2. The molecular weight excluding hydrogens is 514 g/mol. The molecule has 2 heteroatoms. The number of hydrogen-bond acceptors (Lipinski definition) is 1. The van der Waals surface area contributed by atoms with Crippen molar-refractivity contribution >= 4 is 43.8 Å². The molecule has 1 unspecified atom stereocenters. The highest BCUT2D eigenvalue weighted by atomic mass is 79.9. The van der Waals surface area contributed by atoms with Crippen molar-refractivity contribution in [1.29, 1.82) is 0 Å². The van der Waals surface area contributed by atoms with Crippen LogP contribution in [-0.4, -0.2) is 0 Å². The van der Waals surface area contributed by atoms with Crippen LogP contribution in [0.2, 0.25) is 0 Å². The van der Waals surface area contributed by atoms with Crippen molar-refractivity contribution in [3.63, 3.8) is 0 Å². The number of para-hydroxylation sites is 2. The number of halogens is 1. The number of rotatable bonds is 1. The normalized spacial score (nSPS) is 16.8. The minimum atomic E-state index is -0.426. The fraction of sp³-hybridized carbons (Fsp3) is 0.0286. The summed E-state index contributed by atoms with van der Waals surface area (Å²) in [6.07, 6.45) is 0. The third-order valence-corrected chi connectivity index (χ3v) is 8.59. The van der Waals surface area contributed by atoms with Gasteiger partial charge in [0, 0.05) is 10.2 Å². The summed E-state index contributed by atoms with van der Waals surface area (Å²) in [6.45, 7) is 0. The van der Waals surface area contributed by atoms with Crippen LogP contribution in [0, 0.1) is 0 Å². The van der Waals surface area contributed by atoms with E-state index in [0.717, 1.165) is 10.2 Å². The molecule has 1 atom stereocenters. The smallest absolute Gasteiger partial charge is 0.0760 e. The molecule has 0 fully saturated rings. The second-order valence-electron chi connectivity index (χ2n) is 9.85. The molecule has 174 valence electrons. The van der Waals surface area contributed by atoms with Crippen LogP contribution in [0.3, 0.4) is 0 Å². The van der Waals surface area contributed by atoms with Crippen molar-refractivity contribution in [3.05, 3.63) is 160 Å². The number of benzene rings is 6. The van der Waals surface area contributed by atoms with Gasteiger partial charge in [0.05, 0.1) is 16.8 Å². The molecule has 1 aliphatic heterocycles. The van der Waals surface area contributed by atoms with Gasteiger partial charge in [-0.3, -0.25) is 0 Å². The van der Waals surface area contributed by atoms with E-state index in [9.17, 15) is 0 Å². The lowest BCUT2D eigenvalue weighted by molar-refractivity contribution is 0.758. The summed E-state index contributed by atoms with van der Waals surface area (Å²) in [4.78, 5) is 2.42. The van der Waals surface area contributed by atoms with Gasteiger partial charge in [-0.2, -0.15) is 0 Å². The van der Waals surface area contributed by atoms with Crippen LogP contribution in [0.15, 0.2) is 138 Å². The van der Waals surface area contributed by atoms with E-state index < -0.39 is 5.41 Å². The van der Waals surface area contributed by atoms with Crippen LogP contribution in [0.4, 0.5) is 17.1 Å². The van der Waals surface area contributed by atoms with Crippen molar-refractivity contribution in [2.45, 2.75) is 5.41 Å². The third kappa shape index (κ3) is 2.68. The predicted molar refractivity (Wildman–Crippen MR) is 157 cm³/mol. The van der Waals surface area contributed by atoms with E-state index in [1.54, 1.807) is 0 Å². The maximum atomic E-state index is 3.80. The van der Waals surface area contributed by atoms with E-state index in [0.29, 0.717) is 0 Å². The van der Waals surface area contributed by atoms with Gasteiger partial charge in [-0.1, -0.05) is 119 Å². The van der Waals surface area contributed by atoms with Gasteiger partial charge in [-0.25, -0.2) is 0 Å². The van der Waals surface area contributed by atoms with Crippen molar-refractivity contribution in [1.82, 2.24) is 0 Å². The van der Waals surface area contributed by atoms with Crippen LogP contribution in [0.25, 0.3) is 21.9 Å². The Morgan fingerprint density at radius 3 is 2.11 bits per heavy atom. The maximum absolute atomic E-state index is 3.80. The molecule has 6 aromatic rings. The SMILES string of the molecule is Brc1ccc2c(c1)N(c1ccccc1)c1ccccc1C21c2ccccc2-c2ccc3ccccc3c21. The summed E-state index contributed by atoms with van der Waals surface area (Å²) >= 11 is 3.80. The van der Waals surface area contributed by atoms with Gasteiger partial charge in [0.2, 0.25) is 0 Å². The molecule has 1 spiro atoms. The maximum Gasteiger partial charge on any atom is 0.0760 e. The molecule has 8 rings (SSSR count). The minimum Gasteiger partial charge on any atom is -0.310 e. The molecular formula is C35H22BrN. The zero-order valence-corrected chi connectivity index (χ0v) is 21.6. The van der Waals surface area contributed by atoms with Gasteiger partial charge in [0.25, 0.3) is 0 Å². The van der Waals surface area contributed by atoms with Crippen LogP contribution in [0.5, 0.6) is 0 Å². The highest BCUT2D eigenvalue weighted by Crippen LogP contribution is 2.64. The van der Waals surface area contributed by atoms with Crippen molar-refractivity contribution in [2.75, 3.05) is 4.90 Å². The van der Waals surface area contributed by atoms with E-state index in [-0.39, 0.29) is 0 Å². The monoisotopic (exact) mass is 535 g/mol. The first kappa shape index (κ1) is 21.0. The Kier molecular flexibility index (Phi) is 4.36. The molecule has 6 aromatic carbocycles. The molecule has 0 radical (unpaired) electrons. The molecule has 1 nitrogen and oxygen atoms in total. The Morgan fingerprint density at radius 2 is 1.22 bits per heavy atom. The van der Waals surface area contributed by atoms with Crippen LogP contribution in [-0.2, 0) is 5.41 Å². The lowest BCUT2D eigenvalue weighted by atomic mass is 9.64. The second kappa shape index (κ2) is 7.68. The van der Waals surface area contributed by atoms with Gasteiger partial charge >= 0.3 is 0 Å². The zero-order valence-electron chi connectivity index (χ0n) is 20.0. The number of anilines is 3. The van der Waals surface area contributed by atoms with Gasteiger partial charge < -0.3 is 4.90 Å². The molecule has 2 aliphatic rings. The van der Waals surface area contributed by atoms with Gasteiger partial charge in [0.1, 0.15) is 0 Å². The van der Waals surface area contributed by atoms with Crippen molar-refractivity contribution in [3.8, 4) is 11.1 Å². The molecule has 1 aliphatic carbocycles. The first-order chi connectivity index (χ1) is 18.3. The van der Waals surface area contributed by atoms with Crippen molar-refractivity contribution in [2.24, 2.45) is 0 Å². The fourth-order valence-corrected chi connectivity index (χ4v) is 7.11. The topological polar surface area (TPSA) is 3.24 Å². The molecule has 0 bridgehead atoms. The lowest BCUT2D eigenvalue weighted by Gasteiger charge is -2.45. The average molecular weight is 536 g/mol. The highest BCUT2D eigenvalue weighted by Gasteiger charge is 2.52. The van der Waals surface area contributed by atoms with Crippen LogP contribution in [0.1, 0.15) is 22.3 Å². The summed E-state index contributed by atoms with van der Waals surface area (Å²) in [6, 6.07) is 49.0. The lowest BCUT2D eigenvalue weighted by Crippen LogP contribution is -2.36. The van der Waals surface area contributed by atoms with E-state index in [4.69, 9.17) is 0 Å². The van der Waals surface area contributed by atoms with Crippen LogP contribution < -0.4 is 4.90 Å². The Morgan fingerprint density at radius 1 is 0.514 bits per heavy atom. The van der Waals surface area contributed by atoms with Gasteiger partial charge in [0.15, 0.2) is 0 Å². The Bertz CT molecular complexity index is 1860. The van der Waals surface area contributed by atoms with E-state index in [1.165, 1.54) is 55.5 Å².